The molecule has 0 radical (unpaired) electrons. The van der Waals surface area contributed by atoms with E-state index in [1.54, 1.807) is 0 Å². The largest absolute Gasteiger partial charge is 0.479 e. The summed E-state index contributed by atoms with van der Waals surface area (Å²) in [6, 6.07) is 18.0. The van der Waals surface area contributed by atoms with E-state index in [1.165, 1.54) is 5.56 Å². The van der Waals surface area contributed by atoms with Crippen molar-refractivity contribution in [3.63, 3.8) is 0 Å². The van der Waals surface area contributed by atoms with Gasteiger partial charge in [0.2, 0.25) is 0 Å². The van der Waals surface area contributed by atoms with Crippen molar-refractivity contribution >= 4 is 21.6 Å². The number of rotatable bonds is 5. The summed E-state index contributed by atoms with van der Waals surface area (Å²) >= 11 is 3.43. The molecule has 2 aromatic carbocycles. The zero-order valence-electron chi connectivity index (χ0n) is 11.1. The maximum Gasteiger partial charge on any atom is 0.174 e. The van der Waals surface area contributed by atoms with Gasteiger partial charge >= 0.3 is 0 Å². The second-order valence-electron chi connectivity index (χ2n) is 4.39. The molecule has 0 bridgehead atoms. The standard InChI is InChI=1S/C16H15BrN2O/c1-12(13-5-7-14(17)8-6-13)19-15-3-2-4-16(11-15)20-10-9-18/h2-8,11-12,19H,10H2,1H3. The third-order valence-corrected chi connectivity index (χ3v) is 3.42. The summed E-state index contributed by atoms with van der Waals surface area (Å²) in [5.74, 6) is 0.694. The molecule has 0 aliphatic carbocycles. The molecular formula is C16H15BrN2O. The molecule has 3 nitrogen and oxygen atoms in total. The van der Waals surface area contributed by atoms with Gasteiger partial charge in [0.15, 0.2) is 6.61 Å². The number of anilines is 1. The molecule has 2 aromatic rings. The number of benzene rings is 2. The lowest BCUT2D eigenvalue weighted by atomic mass is 10.1. The Bertz CT molecular complexity index is 605. The van der Waals surface area contributed by atoms with Crippen LogP contribution in [0, 0.1) is 11.3 Å². The molecular weight excluding hydrogens is 316 g/mol. The Morgan fingerprint density at radius 1 is 1.25 bits per heavy atom. The van der Waals surface area contributed by atoms with Gasteiger partial charge in [0.05, 0.1) is 0 Å². The first-order valence-electron chi connectivity index (χ1n) is 6.31. The fraction of sp³-hybridized carbons (Fsp3) is 0.188. The van der Waals surface area contributed by atoms with Crippen molar-refractivity contribution in [3.05, 3.63) is 58.6 Å². The minimum Gasteiger partial charge on any atom is -0.479 e. The van der Waals surface area contributed by atoms with E-state index in [0.29, 0.717) is 5.75 Å². The van der Waals surface area contributed by atoms with E-state index in [-0.39, 0.29) is 12.6 Å². The summed E-state index contributed by atoms with van der Waals surface area (Å²) in [7, 11) is 0. The van der Waals surface area contributed by atoms with Crippen LogP contribution in [-0.2, 0) is 0 Å². The summed E-state index contributed by atoms with van der Waals surface area (Å²) in [6.45, 7) is 2.16. The number of hydrogen-bond acceptors (Lipinski definition) is 3. The number of ether oxygens (including phenoxy) is 1. The molecule has 0 fully saturated rings. The minimum absolute atomic E-state index is 0.0612. The van der Waals surface area contributed by atoms with Crippen LogP contribution in [0.5, 0.6) is 5.75 Å². The second kappa shape index (κ2) is 6.97. The Morgan fingerprint density at radius 2 is 2.00 bits per heavy atom. The molecule has 0 saturated carbocycles. The predicted octanol–water partition coefficient (Wildman–Crippen LogP) is 4.52. The Balaban J connectivity index is 2.05. The lowest BCUT2D eigenvalue weighted by Crippen LogP contribution is -2.06. The molecule has 0 aliphatic rings. The van der Waals surface area contributed by atoms with Crippen molar-refractivity contribution in [1.82, 2.24) is 0 Å². The SMILES string of the molecule is CC(Nc1cccc(OCC#N)c1)c1ccc(Br)cc1. The third kappa shape index (κ3) is 4.01. The fourth-order valence-electron chi connectivity index (χ4n) is 1.88. The molecule has 0 spiro atoms. The molecule has 0 aromatic heterocycles. The maximum absolute atomic E-state index is 8.52. The average Bonchev–Trinajstić information content (AvgIpc) is 2.46. The Hall–Kier alpha value is -1.99. The molecule has 2 rings (SSSR count). The van der Waals surface area contributed by atoms with Crippen molar-refractivity contribution < 1.29 is 4.74 Å². The van der Waals surface area contributed by atoms with Crippen LogP contribution in [0.25, 0.3) is 0 Å². The minimum atomic E-state index is 0.0612. The molecule has 102 valence electrons. The highest BCUT2D eigenvalue weighted by molar-refractivity contribution is 9.10. The van der Waals surface area contributed by atoms with E-state index < -0.39 is 0 Å². The summed E-state index contributed by atoms with van der Waals surface area (Å²) in [5, 5.41) is 11.9. The third-order valence-electron chi connectivity index (χ3n) is 2.89. The van der Waals surface area contributed by atoms with Crippen molar-refractivity contribution in [1.29, 1.82) is 5.26 Å². The number of nitriles is 1. The van der Waals surface area contributed by atoms with Gasteiger partial charge in [-0.05, 0) is 36.8 Å². The van der Waals surface area contributed by atoms with E-state index in [1.807, 2.05) is 42.5 Å². The van der Waals surface area contributed by atoms with Gasteiger partial charge in [-0.25, -0.2) is 0 Å². The van der Waals surface area contributed by atoms with E-state index in [9.17, 15) is 0 Å². The van der Waals surface area contributed by atoms with Crippen LogP contribution in [0.15, 0.2) is 53.0 Å². The zero-order valence-corrected chi connectivity index (χ0v) is 12.7. The lowest BCUT2D eigenvalue weighted by Gasteiger charge is -2.16. The number of nitrogens with one attached hydrogen (secondary N) is 1. The van der Waals surface area contributed by atoms with Crippen LogP contribution in [0.1, 0.15) is 18.5 Å². The summed E-state index contributed by atoms with van der Waals surface area (Å²) in [4.78, 5) is 0. The number of hydrogen-bond donors (Lipinski definition) is 1. The van der Waals surface area contributed by atoms with Gasteiger partial charge in [-0.2, -0.15) is 5.26 Å². The first-order chi connectivity index (χ1) is 9.69. The van der Waals surface area contributed by atoms with Gasteiger partial charge in [-0.3, -0.25) is 0 Å². The van der Waals surface area contributed by atoms with Gasteiger partial charge in [-0.1, -0.05) is 34.1 Å². The van der Waals surface area contributed by atoms with E-state index >= 15 is 0 Å². The molecule has 0 amide bonds. The smallest absolute Gasteiger partial charge is 0.174 e. The Kier molecular flexibility index (Phi) is 5.03. The van der Waals surface area contributed by atoms with E-state index in [4.69, 9.17) is 10.00 Å². The number of halogens is 1. The molecule has 1 unspecified atom stereocenters. The van der Waals surface area contributed by atoms with Crippen LogP contribution in [0.4, 0.5) is 5.69 Å². The Morgan fingerprint density at radius 3 is 2.70 bits per heavy atom. The zero-order chi connectivity index (χ0) is 14.4. The Labute approximate surface area is 127 Å². The highest BCUT2D eigenvalue weighted by Crippen LogP contribution is 2.23. The normalized spacial score (nSPS) is 11.4. The van der Waals surface area contributed by atoms with Crippen molar-refractivity contribution in [2.45, 2.75) is 13.0 Å². The fourth-order valence-corrected chi connectivity index (χ4v) is 2.14. The first-order valence-corrected chi connectivity index (χ1v) is 7.10. The quantitative estimate of drug-likeness (QED) is 0.876. The second-order valence-corrected chi connectivity index (χ2v) is 5.31. The molecule has 0 heterocycles. The van der Waals surface area contributed by atoms with E-state index in [0.717, 1.165) is 10.2 Å². The number of nitrogens with zero attached hydrogens (tertiary/aromatic N) is 1. The van der Waals surface area contributed by atoms with Crippen LogP contribution in [0.3, 0.4) is 0 Å². The van der Waals surface area contributed by atoms with Gasteiger partial charge in [0.25, 0.3) is 0 Å². The monoisotopic (exact) mass is 330 g/mol. The van der Waals surface area contributed by atoms with Crippen LogP contribution < -0.4 is 10.1 Å². The van der Waals surface area contributed by atoms with Gasteiger partial charge in [0.1, 0.15) is 11.8 Å². The molecule has 0 saturated heterocycles. The van der Waals surface area contributed by atoms with Gasteiger partial charge in [-0.15, -0.1) is 0 Å². The molecule has 20 heavy (non-hydrogen) atoms. The molecule has 4 heteroatoms. The van der Waals surface area contributed by atoms with Crippen LogP contribution in [-0.4, -0.2) is 6.61 Å². The highest BCUT2D eigenvalue weighted by atomic mass is 79.9. The van der Waals surface area contributed by atoms with Crippen LogP contribution in [0.2, 0.25) is 0 Å². The van der Waals surface area contributed by atoms with Crippen molar-refractivity contribution in [2.75, 3.05) is 11.9 Å². The maximum atomic E-state index is 8.52. The predicted molar refractivity (Wildman–Crippen MR) is 83.7 cm³/mol. The molecule has 1 N–H and O–H groups in total. The highest BCUT2D eigenvalue weighted by Gasteiger charge is 2.05. The summed E-state index contributed by atoms with van der Waals surface area (Å²) < 4.78 is 6.36. The first kappa shape index (κ1) is 14.4. The van der Waals surface area contributed by atoms with Crippen molar-refractivity contribution in [2.24, 2.45) is 0 Å². The summed E-state index contributed by atoms with van der Waals surface area (Å²) in [6.07, 6.45) is 0. The lowest BCUT2D eigenvalue weighted by molar-refractivity contribution is 0.368. The van der Waals surface area contributed by atoms with Crippen molar-refractivity contribution in [3.8, 4) is 11.8 Å². The summed E-state index contributed by atoms with van der Waals surface area (Å²) in [5.41, 5.74) is 2.17. The molecule has 0 aliphatic heterocycles. The van der Waals surface area contributed by atoms with Gasteiger partial charge in [0, 0.05) is 22.3 Å². The van der Waals surface area contributed by atoms with Crippen LogP contribution >= 0.6 is 15.9 Å². The topological polar surface area (TPSA) is 45.0 Å². The molecule has 1 atom stereocenters. The van der Waals surface area contributed by atoms with Gasteiger partial charge < -0.3 is 10.1 Å². The average molecular weight is 331 g/mol. The van der Waals surface area contributed by atoms with E-state index in [2.05, 4.69) is 40.3 Å².